The monoisotopic (exact) mass is 473 g/mol. The predicted molar refractivity (Wildman–Crippen MR) is 118 cm³/mol. The fourth-order valence-corrected chi connectivity index (χ4v) is 6.09. The van der Waals surface area contributed by atoms with Crippen LogP contribution >= 0.6 is 0 Å². The largest absolute Gasteiger partial charge is 0.381 e. The van der Waals surface area contributed by atoms with Crippen LogP contribution in [0.4, 0.5) is 5.88 Å². The Morgan fingerprint density at radius 2 is 1.84 bits per heavy atom. The van der Waals surface area contributed by atoms with Crippen molar-refractivity contribution >= 4 is 21.6 Å². The predicted octanol–water partition coefficient (Wildman–Crippen LogP) is 2.24. The summed E-state index contributed by atoms with van der Waals surface area (Å²) in [5.74, 6) is -0.417. The van der Waals surface area contributed by atoms with Gasteiger partial charge in [-0.3, -0.25) is 10.1 Å². The number of amides is 1. The maximum Gasteiger partial charge on any atom is 0.282 e. The van der Waals surface area contributed by atoms with Crippen LogP contribution in [0.15, 0.2) is 10.6 Å². The fourth-order valence-electron chi connectivity index (χ4n) is 4.13. The smallest absolute Gasteiger partial charge is 0.282 e. The molecule has 1 aromatic rings. The minimum Gasteiger partial charge on any atom is -0.381 e. The van der Waals surface area contributed by atoms with Crippen LogP contribution in [0.3, 0.4) is 0 Å². The molecule has 0 bridgehead atoms. The molecule has 1 amide bonds. The molecule has 0 radical (unpaired) electrons. The molecule has 0 spiro atoms. The van der Waals surface area contributed by atoms with Gasteiger partial charge in [0.2, 0.25) is 11.6 Å². The zero-order chi connectivity index (χ0) is 23.6. The molecule has 9 nitrogen and oxygen atoms in total. The van der Waals surface area contributed by atoms with Crippen molar-refractivity contribution in [2.45, 2.75) is 81.5 Å². The number of rotatable bonds is 8. The second-order valence-corrected chi connectivity index (χ2v) is 12.6. The number of nitrogens with one attached hydrogen (secondary N) is 1. The molecule has 1 aromatic heterocycles. The minimum atomic E-state index is -3.71. The van der Waals surface area contributed by atoms with E-state index in [1.165, 1.54) is 13.8 Å². The van der Waals surface area contributed by atoms with Crippen LogP contribution in [0, 0.1) is 0 Å². The molecule has 2 aliphatic heterocycles. The van der Waals surface area contributed by atoms with Crippen molar-refractivity contribution in [2.75, 3.05) is 31.7 Å². The zero-order valence-electron chi connectivity index (χ0n) is 19.8. The highest BCUT2D eigenvalue weighted by atomic mass is 32.2. The second-order valence-electron chi connectivity index (χ2n) is 9.79. The second kappa shape index (κ2) is 9.79. The Kier molecular flexibility index (Phi) is 7.69. The molecule has 182 valence electrons. The Morgan fingerprint density at radius 1 is 1.16 bits per heavy atom. The van der Waals surface area contributed by atoms with Crippen molar-refractivity contribution in [1.82, 2.24) is 0 Å². The first-order valence-corrected chi connectivity index (χ1v) is 12.9. The van der Waals surface area contributed by atoms with Crippen LogP contribution < -0.4 is 10.1 Å². The quantitative estimate of drug-likeness (QED) is 0.577. The van der Waals surface area contributed by atoms with Gasteiger partial charge in [0.25, 0.3) is 5.88 Å². The third-order valence-electron chi connectivity index (χ3n) is 6.41. The van der Waals surface area contributed by atoms with Gasteiger partial charge in [-0.2, -0.15) is 0 Å². The first-order valence-electron chi connectivity index (χ1n) is 11.3. The summed E-state index contributed by atoms with van der Waals surface area (Å²) in [6, 6.07) is 1.72. The Balaban J connectivity index is 1.68. The number of aryl methyl sites for hydroxylation is 1. The van der Waals surface area contributed by atoms with Crippen molar-refractivity contribution in [1.29, 1.82) is 0 Å². The van der Waals surface area contributed by atoms with Gasteiger partial charge in [0.15, 0.2) is 23.2 Å². The summed E-state index contributed by atoms with van der Waals surface area (Å²) in [6.45, 7) is 8.84. The molecule has 1 unspecified atom stereocenters. The lowest BCUT2D eigenvalue weighted by molar-refractivity contribution is -0.850. The van der Waals surface area contributed by atoms with Crippen molar-refractivity contribution < 1.29 is 36.7 Å². The van der Waals surface area contributed by atoms with Gasteiger partial charge in [-0.1, -0.05) is 0 Å². The van der Waals surface area contributed by atoms with Crippen LogP contribution in [0.25, 0.3) is 0 Å². The standard InChI is InChI=1S/C22H36N2O7S/c1-21(2,15-30-19-8-6-7-11-29-19)17-14-18(31-24(17)5)23-20(25)22(3,4)32(26,27)16-9-12-28-13-10-16/h14,16,19H,6-13,15H2,1-5H3/p+1. The van der Waals surface area contributed by atoms with Crippen LogP contribution in [-0.4, -0.2) is 57.0 Å². The number of carbonyl (C=O) groups is 1. The number of sulfone groups is 1. The SMILES string of the molecule is C[n+]1oc(NC(=O)C(C)(C)S(=O)(=O)C2CCOCC2)cc1C(C)(C)COC1CCCCO1. The lowest BCUT2D eigenvalue weighted by atomic mass is 9.90. The maximum atomic E-state index is 13.1. The molecule has 2 aliphatic rings. The number of hydrogen-bond acceptors (Lipinski definition) is 7. The first-order chi connectivity index (χ1) is 14.9. The molecule has 32 heavy (non-hydrogen) atoms. The van der Waals surface area contributed by atoms with E-state index in [1.54, 1.807) is 17.9 Å². The summed E-state index contributed by atoms with van der Waals surface area (Å²) in [5.41, 5.74) is 0.403. The van der Waals surface area contributed by atoms with Gasteiger partial charge in [-0.05, 0) is 64.5 Å². The minimum absolute atomic E-state index is 0.199. The lowest BCUT2D eigenvalue weighted by Gasteiger charge is -2.30. The molecule has 1 N–H and O–H groups in total. The molecule has 3 heterocycles. The van der Waals surface area contributed by atoms with E-state index in [1.807, 2.05) is 13.8 Å². The maximum absolute atomic E-state index is 13.1. The van der Waals surface area contributed by atoms with E-state index < -0.39 is 31.2 Å². The number of carbonyl (C=O) groups excluding carboxylic acids is 1. The summed E-state index contributed by atoms with van der Waals surface area (Å²) in [4.78, 5) is 13.0. The normalized spacial score (nSPS) is 21.5. The fraction of sp³-hybridized carbons (Fsp3) is 0.818. The number of anilines is 1. The molecule has 10 heteroatoms. The van der Waals surface area contributed by atoms with Crippen molar-refractivity contribution in [3.63, 3.8) is 0 Å². The molecular formula is C22H37N2O7S+. The van der Waals surface area contributed by atoms with Crippen molar-refractivity contribution in [2.24, 2.45) is 7.05 Å². The van der Waals surface area contributed by atoms with Crippen LogP contribution in [0.5, 0.6) is 0 Å². The van der Waals surface area contributed by atoms with E-state index in [9.17, 15) is 13.2 Å². The Bertz CT molecular complexity index is 895. The third kappa shape index (κ3) is 5.35. The molecule has 0 aromatic carbocycles. The Hall–Kier alpha value is -1.49. The van der Waals surface area contributed by atoms with Crippen LogP contribution in [0.1, 0.15) is 65.5 Å². The van der Waals surface area contributed by atoms with Gasteiger partial charge in [-0.15, -0.1) is 0 Å². The number of hydrogen-bond donors (Lipinski definition) is 1. The van der Waals surface area contributed by atoms with E-state index in [-0.39, 0.29) is 12.2 Å². The molecule has 3 rings (SSSR count). The highest BCUT2D eigenvalue weighted by molar-refractivity contribution is 7.94. The molecule has 0 aliphatic carbocycles. The van der Waals surface area contributed by atoms with Gasteiger partial charge in [0.05, 0.1) is 23.3 Å². The molecule has 0 saturated carbocycles. The van der Waals surface area contributed by atoms with Gasteiger partial charge < -0.3 is 14.2 Å². The Labute approximate surface area is 190 Å². The summed E-state index contributed by atoms with van der Waals surface area (Å²) >= 11 is 0. The summed E-state index contributed by atoms with van der Waals surface area (Å²) < 4.78 is 48.8. The summed E-state index contributed by atoms with van der Waals surface area (Å²) in [7, 11) is -1.96. The molecule has 1 atom stereocenters. The van der Waals surface area contributed by atoms with E-state index in [0.29, 0.717) is 39.3 Å². The van der Waals surface area contributed by atoms with Crippen LogP contribution in [-0.2, 0) is 41.3 Å². The van der Waals surface area contributed by atoms with E-state index in [4.69, 9.17) is 18.7 Å². The lowest BCUT2D eigenvalue weighted by Crippen LogP contribution is -2.50. The first kappa shape index (κ1) is 25.1. The van der Waals surface area contributed by atoms with Crippen molar-refractivity contribution in [3.8, 4) is 0 Å². The van der Waals surface area contributed by atoms with E-state index in [0.717, 1.165) is 25.0 Å². The number of nitrogens with zero attached hydrogens (tertiary/aromatic N) is 1. The van der Waals surface area contributed by atoms with Gasteiger partial charge in [0, 0.05) is 19.8 Å². The third-order valence-corrected chi connectivity index (χ3v) is 9.36. The average Bonchev–Trinajstić information content (AvgIpc) is 3.14. The highest BCUT2D eigenvalue weighted by Gasteiger charge is 2.47. The summed E-state index contributed by atoms with van der Waals surface area (Å²) in [6.07, 6.45) is 3.63. The molecule has 2 fully saturated rings. The number of ether oxygens (including phenoxy) is 3. The molecular weight excluding hydrogens is 436 g/mol. The van der Waals surface area contributed by atoms with Gasteiger partial charge in [0.1, 0.15) is 4.75 Å². The topological polar surface area (TPSA) is 108 Å². The zero-order valence-corrected chi connectivity index (χ0v) is 20.6. The highest BCUT2D eigenvalue weighted by Crippen LogP contribution is 2.30. The summed E-state index contributed by atoms with van der Waals surface area (Å²) in [5, 5.41) is 2.08. The van der Waals surface area contributed by atoms with E-state index >= 15 is 0 Å². The Morgan fingerprint density at radius 3 is 2.47 bits per heavy atom. The van der Waals surface area contributed by atoms with E-state index in [2.05, 4.69) is 5.32 Å². The van der Waals surface area contributed by atoms with Gasteiger partial charge in [-0.25, -0.2) is 12.9 Å². The molecule has 2 saturated heterocycles. The van der Waals surface area contributed by atoms with Crippen LogP contribution in [0.2, 0.25) is 0 Å². The number of aromatic nitrogens is 1. The van der Waals surface area contributed by atoms with Crippen molar-refractivity contribution in [3.05, 3.63) is 11.8 Å². The average molecular weight is 474 g/mol. The van der Waals surface area contributed by atoms with Gasteiger partial charge >= 0.3 is 0 Å².